The minimum atomic E-state index is 0.169. The number of rotatable bonds is 0. The number of carbonyl (C=O) groups excluding carboxylic acids is 1. The average molecular weight is 309 g/mol. The van der Waals surface area contributed by atoms with Crippen LogP contribution in [-0.2, 0) is 4.79 Å². The highest BCUT2D eigenvalue weighted by atomic mass is 16.1. The van der Waals surface area contributed by atoms with Crippen molar-refractivity contribution in [2.45, 2.75) is 52.9 Å². The maximum Gasteiger partial charge on any atom is 0.156 e. The Balaban J connectivity index is 1.75. The van der Waals surface area contributed by atoms with Crippen LogP contribution in [0.2, 0.25) is 0 Å². The number of allylic oxidation sites excluding steroid dienone is 4. The van der Waals surface area contributed by atoms with Gasteiger partial charge in [-0.2, -0.15) is 5.26 Å². The Kier molecular flexibility index (Phi) is 3.18. The lowest BCUT2D eigenvalue weighted by molar-refractivity contribution is -0.116. The van der Waals surface area contributed by atoms with Crippen LogP contribution in [0.25, 0.3) is 0 Å². The summed E-state index contributed by atoms with van der Waals surface area (Å²) >= 11 is 0. The van der Waals surface area contributed by atoms with E-state index in [2.05, 4.69) is 39.0 Å². The van der Waals surface area contributed by atoms with Crippen molar-refractivity contribution in [2.24, 2.45) is 40.4 Å². The third-order valence-corrected chi connectivity index (χ3v) is 8.00. The molecule has 0 aromatic heterocycles. The second-order valence-electron chi connectivity index (χ2n) is 9.00. The van der Waals surface area contributed by atoms with E-state index in [1.807, 2.05) is 6.08 Å². The minimum Gasteiger partial charge on any atom is -0.295 e. The molecule has 0 amide bonds. The van der Waals surface area contributed by atoms with Gasteiger partial charge in [0.15, 0.2) is 5.78 Å². The fourth-order valence-corrected chi connectivity index (χ4v) is 6.64. The summed E-state index contributed by atoms with van der Waals surface area (Å²) < 4.78 is 0. The van der Waals surface area contributed by atoms with E-state index in [4.69, 9.17) is 0 Å². The molecule has 0 N–H and O–H groups in total. The van der Waals surface area contributed by atoms with Gasteiger partial charge in [0.25, 0.3) is 0 Å². The van der Waals surface area contributed by atoms with Crippen LogP contribution in [0.15, 0.2) is 23.8 Å². The molecule has 4 aliphatic rings. The summed E-state index contributed by atoms with van der Waals surface area (Å²) in [6.07, 6.45) is 11.8. The van der Waals surface area contributed by atoms with Gasteiger partial charge in [-0.3, -0.25) is 4.79 Å². The van der Waals surface area contributed by atoms with Crippen molar-refractivity contribution in [3.8, 4) is 6.07 Å². The van der Waals surface area contributed by atoms with Crippen LogP contribution in [0.1, 0.15) is 52.9 Å². The molecule has 122 valence electrons. The molecule has 0 aliphatic heterocycles. The van der Waals surface area contributed by atoms with Gasteiger partial charge in [-0.25, -0.2) is 0 Å². The Morgan fingerprint density at radius 2 is 2.04 bits per heavy atom. The molecule has 0 bridgehead atoms. The standard InChI is InChI=1S/C21H27NO/c1-13-10-18-16-5-4-14-11-15(23)6-8-20(14,2)17(16)7-9-21(18,3)19(13)12-22/h4-5,11,13,16-19H,6-10H2,1-3H3. The normalized spacial score (nSPS) is 51.3. The average Bonchev–Trinajstić information content (AvgIpc) is 2.77. The highest BCUT2D eigenvalue weighted by Gasteiger charge is 2.59. The van der Waals surface area contributed by atoms with Gasteiger partial charge in [-0.1, -0.05) is 32.9 Å². The number of carbonyl (C=O) groups is 1. The van der Waals surface area contributed by atoms with Crippen LogP contribution in [0.3, 0.4) is 0 Å². The summed E-state index contributed by atoms with van der Waals surface area (Å²) in [5, 5.41) is 9.69. The van der Waals surface area contributed by atoms with Gasteiger partial charge >= 0.3 is 0 Å². The van der Waals surface area contributed by atoms with E-state index in [0.717, 1.165) is 6.42 Å². The van der Waals surface area contributed by atoms with E-state index in [0.29, 0.717) is 35.9 Å². The Hall–Kier alpha value is -1.36. The van der Waals surface area contributed by atoms with Crippen LogP contribution < -0.4 is 0 Å². The zero-order chi connectivity index (χ0) is 16.4. The Bertz CT molecular complexity index is 653. The van der Waals surface area contributed by atoms with Crippen LogP contribution in [0.5, 0.6) is 0 Å². The summed E-state index contributed by atoms with van der Waals surface area (Å²) in [4.78, 5) is 11.8. The molecule has 0 saturated heterocycles. The lowest BCUT2D eigenvalue weighted by Crippen LogP contribution is -2.48. The lowest BCUT2D eigenvalue weighted by atomic mass is 9.49. The maximum atomic E-state index is 11.8. The van der Waals surface area contributed by atoms with Gasteiger partial charge in [0, 0.05) is 6.42 Å². The largest absolute Gasteiger partial charge is 0.295 e. The van der Waals surface area contributed by atoms with Crippen LogP contribution in [-0.4, -0.2) is 5.78 Å². The molecule has 7 atom stereocenters. The van der Waals surface area contributed by atoms with Crippen molar-refractivity contribution in [3.05, 3.63) is 23.8 Å². The van der Waals surface area contributed by atoms with Crippen molar-refractivity contribution in [3.63, 3.8) is 0 Å². The highest BCUT2D eigenvalue weighted by molar-refractivity contribution is 5.92. The summed E-state index contributed by atoms with van der Waals surface area (Å²) in [5.74, 6) is 2.88. The molecular weight excluding hydrogens is 282 g/mol. The number of nitriles is 1. The van der Waals surface area contributed by atoms with Crippen molar-refractivity contribution in [1.29, 1.82) is 5.26 Å². The van der Waals surface area contributed by atoms with Crippen LogP contribution >= 0.6 is 0 Å². The SMILES string of the molecule is CC1CC2C3C=CC4=CC(=O)CCC4(C)C3CCC2(C)C1C#N. The van der Waals surface area contributed by atoms with Gasteiger partial charge in [0.2, 0.25) is 0 Å². The summed E-state index contributed by atoms with van der Waals surface area (Å²) in [7, 11) is 0. The van der Waals surface area contributed by atoms with E-state index >= 15 is 0 Å². The molecule has 0 heterocycles. The second kappa shape index (κ2) is 4.82. The van der Waals surface area contributed by atoms with E-state index in [-0.39, 0.29) is 16.7 Å². The third-order valence-electron chi connectivity index (χ3n) is 8.00. The van der Waals surface area contributed by atoms with E-state index in [1.165, 1.54) is 24.8 Å². The van der Waals surface area contributed by atoms with Gasteiger partial charge in [0.1, 0.15) is 0 Å². The summed E-state index contributed by atoms with van der Waals surface area (Å²) in [6, 6.07) is 2.64. The van der Waals surface area contributed by atoms with Crippen molar-refractivity contribution in [2.75, 3.05) is 0 Å². The van der Waals surface area contributed by atoms with Gasteiger partial charge in [-0.15, -0.1) is 0 Å². The molecule has 4 rings (SSSR count). The molecule has 2 saturated carbocycles. The first kappa shape index (κ1) is 15.2. The molecule has 7 unspecified atom stereocenters. The zero-order valence-corrected chi connectivity index (χ0v) is 14.5. The molecule has 0 aromatic rings. The maximum absolute atomic E-state index is 11.8. The first-order valence-corrected chi connectivity index (χ1v) is 9.23. The van der Waals surface area contributed by atoms with E-state index in [9.17, 15) is 10.1 Å². The quantitative estimate of drug-likeness (QED) is 0.652. The fraction of sp³-hybridized carbons (Fsp3) is 0.714. The predicted octanol–water partition coefficient (Wildman–Crippen LogP) is 4.68. The van der Waals surface area contributed by atoms with Crippen molar-refractivity contribution in [1.82, 2.24) is 0 Å². The Labute approximate surface area is 139 Å². The third kappa shape index (κ3) is 1.89. The lowest BCUT2D eigenvalue weighted by Gasteiger charge is -2.55. The molecule has 2 nitrogen and oxygen atoms in total. The molecule has 23 heavy (non-hydrogen) atoms. The Morgan fingerprint density at radius 1 is 1.26 bits per heavy atom. The predicted molar refractivity (Wildman–Crippen MR) is 90.3 cm³/mol. The smallest absolute Gasteiger partial charge is 0.156 e. The Morgan fingerprint density at radius 3 is 2.78 bits per heavy atom. The zero-order valence-electron chi connectivity index (χ0n) is 14.5. The number of ketones is 1. The minimum absolute atomic E-state index is 0.169. The van der Waals surface area contributed by atoms with E-state index < -0.39 is 0 Å². The number of fused-ring (bicyclic) bond motifs is 5. The molecule has 0 radical (unpaired) electrons. The van der Waals surface area contributed by atoms with Gasteiger partial charge < -0.3 is 0 Å². The van der Waals surface area contributed by atoms with Crippen LogP contribution in [0, 0.1) is 51.8 Å². The van der Waals surface area contributed by atoms with Crippen molar-refractivity contribution >= 4 is 5.78 Å². The fourth-order valence-electron chi connectivity index (χ4n) is 6.64. The van der Waals surface area contributed by atoms with Gasteiger partial charge in [0.05, 0.1) is 12.0 Å². The second-order valence-corrected chi connectivity index (χ2v) is 9.00. The first-order valence-electron chi connectivity index (χ1n) is 9.23. The van der Waals surface area contributed by atoms with Gasteiger partial charge in [-0.05, 0) is 71.8 Å². The molecule has 2 heteroatoms. The summed E-state index contributed by atoms with van der Waals surface area (Å²) in [6.45, 7) is 7.03. The van der Waals surface area contributed by atoms with Crippen LogP contribution in [0.4, 0.5) is 0 Å². The van der Waals surface area contributed by atoms with Crippen molar-refractivity contribution < 1.29 is 4.79 Å². The van der Waals surface area contributed by atoms with E-state index in [1.54, 1.807) is 0 Å². The first-order chi connectivity index (χ1) is 10.9. The topological polar surface area (TPSA) is 40.9 Å². The summed E-state index contributed by atoms with van der Waals surface area (Å²) in [5.41, 5.74) is 1.62. The molecule has 0 spiro atoms. The number of hydrogen-bond donors (Lipinski definition) is 0. The molecule has 4 aliphatic carbocycles. The number of nitrogens with zero attached hydrogens (tertiary/aromatic N) is 1. The number of hydrogen-bond acceptors (Lipinski definition) is 2. The molecule has 2 fully saturated rings. The highest BCUT2D eigenvalue weighted by Crippen LogP contribution is 2.66. The molecule has 0 aromatic carbocycles. The molecular formula is C21H27NO. The monoisotopic (exact) mass is 309 g/mol.